The Kier molecular flexibility index (Phi) is 5.65. The molecule has 1 aliphatic rings. The largest absolute Gasteiger partial charge is 0.416 e. The highest BCUT2D eigenvalue weighted by Gasteiger charge is 2.35. The van der Waals surface area contributed by atoms with Gasteiger partial charge in [0.2, 0.25) is 0 Å². The van der Waals surface area contributed by atoms with Gasteiger partial charge < -0.3 is 0 Å². The Hall–Kier alpha value is -1.07. The number of hydrogen-bond acceptors (Lipinski definition) is 2. The summed E-state index contributed by atoms with van der Waals surface area (Å²) in [5.74, 6) is 6.01. The summed E-state index contributed by atoms with van der Waals surface area (Å²) in [6.45, 7) is 0. The molecule has 0 heterocycles. The van der Waals surface area contributed by atoms with Crippen molar-refractivity contribution in [3.63, 3.8) is 0 Å². The van der Waals surface area contributed by atoms with Crippen molar-refractivity contribution in [2.75, 3.05) is 0 Å². The predicted octanol–water partition coefficient (Wildman–Crippen LogP) is 4.57. The van der Waals surface area contributed by atoms with Crippen LogP contribution in [0.4, 0.5) is 13.2 Å². The fourth-order valence-electron chi connectivity index (χ4n) is 3.28. The topological polar surface area (TPSA) is 38.0 Å². The van der Waals surface area contributed by atoms with E-state index in [2.05, 4.69) is 5.43 Å². The molecule has 0 saturated heterocycles. The summed E-state index contributed by atoms with van der Waals surface area (Å²) in [5.41, 5.74) is 2.28. The fraction of sp³-hybridized carbons (Fsp3) is 0.625. The lowest BCUT2D eigenvalue weighted by molar-refractivity contribution is -0.138. The summed E-state index contributed by atoms with van der Waals surface area (Å²) in [4.78, 5) is 0. The van der Waals surface area contributed by atoms with Gasteiger partial charge in [0.15, 0.2) is 0 Å². The standard InChI is InChI=1S/C16H23F3N2/c17-16(18,19)14-10-6-5-9-13(14)15(21-20)11-12-7-3-1-2-4-8-12/h5-6,9-10,12,15,21H,1-4,7-8,11,20H2. The number of halogens is 3. The Morgan fingerprint density at radius 3 is 2.29 bits per heavy atom. The quantitative estimate of drug-likeness (QED) is 0.485. The van der Waals surface area contributed by atoms with Gasteiger partial charge in [0.25, 0.3) is 0 Å². The third-order valence-electron chi connectivity index (χ3n) is 4.39. The van der Waals surface area contributed by atoms with E-state index in [9.17, 15) is 13.2 Å². The van der Waals surface area contributed by atoms with Gasteiger partial charge in [0, 0.05) is 6.04 Å². The van der Waals surface area contributed by atoms with Crippen molar-refractivity contribution in [3.05, 3.63) is 35.4 Å². The first-order valence-electron chi connectivity index (χ1n) is 7.64. The molecular weight excluding hydrogens is 277 g/mol. The molecule has 0 spiro atoms. The van der Waals surface area contributed by atoms with Crippen molar-refractivity contribution in [3.8, 4) is 0 Å². The Balaban J connectivity index is 2.17. The van der Waals surface area contributed by atoms with Crippen LogP contribution in [0, 0.1) is 5.92 Å². The second-order valence-electron chi connectivity index (χ2n) is 5.90. The molecule has 2 rings (SSSR count). The van der Waals surface area contributed by atoms with Crippen molar-refractivity contribution in [2.45, 2.75) is 57.2 Å². The van der Waals surface area contributed by atoms with Crippen LogP contribution in [-0.2, 0) is 6.18 Å². The Morgan fingerprint density at radius 2 is 1.71 bits per heavy atom. The number of alkyl halides is 3. The summed E-state index contributed by atoms with van der Waals surface area (Å²) in [6, 6.07) is 5.29. The zero-order valence-corrected chi connectivity index (χ0v) is 12.1. The molecule has 0 radical (unpaired) electrons. The highest BCUT2D eigenvalue weighted by Crippen LogP contribution is 2.37. The average molecular weight is 300 g/mol. The van der Waals surface area contributed by atoms with E-state index in [1.807, 2.05) is 0 Å². The minimum absolute atomic E-state index is 0.261. The van der Waals surface area contributed by atoms with Gasteiger partial charge in [-0.2, -0.15) is 13.2 Å². The first-order valence-corrected chi connectivity index (χ1v) is 7.64. The summed E-state index contributed by atoms with van der Waals surface area (Å²) in [7, 11) is 0. The van der Waals surface area contributed by atoms with Gasteiger partial charge in [-0.15, -0.1) is 0 Å². The molecule has 5 heteroatoms. The van der Waals surface area contributed by atoms with Crippen molar-refractivity contribution in [1.29, 1.82) is 0 Å². The van der Waals surface area contributed by atoms with Crippen LogP contribution in [0.15, 0.2) is 24.3 Å². The van der Waals surface area contributed by atoms with Gasteiger partial charge in [0.1, 0.15) is 0 Å². The molecule has 0 aromatic heterocycles. The van der Waals surface area contributed by atoms with Crippen LogP contribution in [0.3, 0.4) is 0 Å². The average Bonchev–Trinajstić information content (AvgIpc) is 2.72. The second-order valence-corrected chi connectivity index (χ2v) is 5.90. The molecule has 1 aromatic rings. The molecule has 1 unspecified atom stereocenters. The maximum Gasteiger partial charge on any atom is 0.416 e. The van der Waals surface area contributed by atoms with E-state index in [1.54, 1.807) is 6.07 Å². The van der Waals surface area contributed by atoms with Crippen LogP contribution >= 0.6 is 0 Å². The van der Waals surface area contributed by atoms with Crippen LogP contribution in [0.25, 0.3) is 0 Å². The first kappa shape index (κ1) is 16.3. The van der Waals surface area contributed by atoms with Crippen LogP contribution in [0.5, 0.6) is 0 Å². The highest BCUT2D eigenvalue weighted by molar-refractivity contribution is 5.32. The van der Waals surface area contributed by atoms with Crippen LogP contribution in [0.1, 0.15) is 62.1 Å². The molecular formula is C16H23F3N2. The molecule has 1 aromatic carbocycles. The van der Waals surface area contributed by atoms with Gasteiger partial charge in [0.05, 0.1) is 5.56 Å². The van der Waals surface area contributed by atoms with Crippen molar-refractivity contribution < 1.29 is 13.2 Å². The summed E-state index contributed by atoms with van der Waals surface area (Å²) >= 11 is 0. The summed E-state index contributed by atoms with van der Waals surface area (Å²) < 4.78 is 39.4. The zero-order valence-electron chi connectivity index (χ0n) is 12.1. The van der Waals surface area contributed by atoms with Gasteiger partial charge in [-0.1, -0.05) is 56.7 Å². The summed E-state index contributed by atoms with van der Waals surface area (Å²) in [6.07, 6.45) is 3.32. The van der Waals surface area contributed by atoms with Gasteiger partial charge in [-0.25, -0.2) is 0 Å². The molecule has 1 saturated carbocycles. The third kappa shape index (κ3) is 4.45. The molecule has 118 valence electrons. The van der Waals surface area contributed by atoms with Crippen LogP contribution in [-0.4, -0.2) is 0 Å². The lowest BCUT2D eigenvalue weighted by Gasteiger charge is -2.25. The van der Waals surface area contributed by atoms with E-state index in [1.165, 1.54) is 37.8 Å². The number of hydrogen-bond donors (Lipinski definition) is 2. The molecule has 2 nitrogen and oxygen atoms in total. The normalized spacial score (nSPS) is 19.2. The lowest BCUT2D eigenvalue weighted by atomic mass is 9.88. The van der Waals surface area contributed by atoms with Gasteiger partial charge >= 0.3 is 6.18 Å². The monoisotopic (exact) mass is 300 g/mol. The smallest absolute Gasteiger partial charge is 0.271 e. The minimum Gasteiger partial charge on any atom is -0.271 e. The third-order valence-corrected chi connectivity index (χ3v) is 4.39. The van der Waals surface area contributed by atoms with E-state index in [-0.39, 0.29) is 5.56 Å². The second kappa shape index (κ2) is 7.27. The van der Waals surface area contributed by atoms with Crippen LogP contribution in [0.2, 0.25) is 0 Å². The number of nitrogens with two attached hydrogens (primary N) is 1. The number of rotatable bonds is 4. The Morgan fingerprint density at radius 1 is 1.10 bits per heavy atom. The molecule has 0 bridgehead atoms. The van der Waals surface area contributed by atoms with Gasteiger partial charge in [-0.3, -0.25) is 11.3 Å². The first-order chi connectivity index (χ1) is 10.0. The number of nitrogens with one attached hydrogen (secondary N) is 1. The molecule has 21 heavy (non-hydrogen) atoms. The lowest BCUT2D eigenvalue weighted by Crippen LogP contribution is -2.31. The van der Waals surface area contributed by atoms with Gasteiger partial charge in [-0.05, 0) is 24.0 Å². The molecule has 0 aliphatic heterocycles. The SMILES string of the molecule is NNC(CC1CCCCCC1)c1ccccc1C(F)(F)F. The van der Waals surface area contributed by atoms with E-state index in [0.717, 1.165) is 18.9 Å². The highest BCUT2D eigenvalue weighted by atomic mass is 19.4. The number of hydrazine groups is 1. The van der Waals surface area contributed by atoms with E-state index in [4.69, 9.17) is 5.84 Å². The zero-order chi connectivity index (χ0) is 15.3. The Bertz CT molecular complexity index is 437. The molecule has 1 atom stereocenters. The summed E-state index contributed by atoms with van der Waals surface area (Å²) in [5, 5.41) is 0. The van der Waals surface area contributed by atoms with Crippen molar-refractivity contribution in [1.82, 2.24) is 5.43 Å². The minimum atomic E-state index is -4.34. The predicted molar refractivity (Wildman–Crippen MR) is 77.3 cm³/mol. The number of benzene rings is 1. The molecule has 1 aliphatic carbocycles. The Labute approximate surface area is 123 Å². The van der Waals surface area contributed by atoms with E-state index < -0.39 is 17.8 Å². The van der Waals surface area contributed by atoms with Crippen LogP contribution < -0.4 is 11.3 Å². The van der Waals surface area contributed by atoms with E-state index >= 15 is 0 Å². The fourth-order valence-corrected chi connectivity index (χ4v) is 3.28. The maximum atomic E-state index is 13.1. The molecule has 3 N–H and O–H groups in total. The molecule has 0 amide bonds. The molecule has 1 fully saturated rings. The van der Waals surface area contributed by atoms with Crippen molar-refractivity contribution >= 4 is 0 Å². The van der Waals surface area contributed by atoms with E-state index in [0.29, 0.717) is 12.3 Å². The maximum absolute atomic E-state index is 13.1. The van der Waals surface area contributed by atoms with Crippen molar-refractivity contribution in [2.24, 2.45) is 11.8 Å².